The molecule has 0 spiro atoms. The number of nitrogens with zero attached hydrogens (tertiary/aromatic N) is 1. The van der Waals surface area contributed by atoms with E-state index in [4.69, 9.17) is 6.42 Å². The fourth-order valence-corrected chi connectivity index (χ4v) is 2.65. The van der Waals surface area contributed by atoms with Gasteiger partial charge in [0.05, 0.1) is 6.54 Å². The number of anilines is 1. The first-order valence-electron chi connectivity index (χ1n) is 8.53. The minimum absolute atomic E-state index is 0.137. The summed E-state index contributed by atoms with van der Waals surface area (Å²) in [6, 6.07) is 5.17. The maximum absolute atomic E-state index is 12.4. The summed E-state index contributed by atoms with van der Waals surface area (Å²) in [5.74, 6) is 1.93. The van der Waals surface area contributed by atoms with Crippen molar-refractivity contribution in [2.75, 3.05) is 5.32 Å². The molecule has 1 aromatic rings. The Balaban J connectivity index is 2.03. The van der Waals surface area contributed by atoms with E-state index in [9.17, 15) is 14.4 Å². The largest absolute Gasteiger partial charge is 0.326 e. The molecule has 6 heteroatoms. The van der Waals surface area contributed by atoms with Crippen molar-refractivity contribution >= 4 is 23.4 Å². The lowest BCUT2D eigenvalue weighted by atomic mass is 10.1. The Labute approximate surface area is 147 Å². The smallest absolute Gasteiger partial charge is 0.273 e. The van der Waals surface area contributed by atoms with Crippen LogP contribution in [0.4, 0.5) is 5.69 Å². The Morgan fingerprint density at radius 1 is 1.24 bits per heavy atom. The molecule has 1 aromatic carbocycles. The number of carbonyl (C=O) groups is 3. The lowest BCUT2D eigenvalue weighted by Crippen LogP contribution is -2.42. The molecular weight excluding hydrogens is 318 g/mol. The van der Waals surface area contributed by atoms with Crippen LogP contribution >= 0.6 is 0 Å². The molecule has 25 heavy (non-hydrogen) atoms. The van der Waals surface area contributed by atoms with Gasteiger partial charge in [-0.05, 0) is 25.0 Å². The summed E-state index contributed by atoms with van der Waals surface area (Å²) in [6.45, 7) is 2.25. The first-order chi connectivity index (χ1) is 12.1. The van der Waals surface area contributed by atoms with Gasteiger partial charge in [-0.2, -0.15) is 0 Å². The number of carbonyl (C=O) groups excluding carboxylic acids is 3. The Morgan fingerprint density at radius 2 is 2.00 bits per heavy atom. The van der Waals surface area contributed by atoms with Crippen LogP contribution < -0.4 is 10.7 Å². The van der Waals surface area contributed by atoms with Gasteiger partial charge in [0.2, 0.25) is 11.8 Å². The maximum atomic E-state index is 12.4. The van der Waals surface area contributed by atoms with Crippen LogP contribution in [0.5, 0.6) is 0 Å². The van der Waals surface area contributed by atoms with E-state index >= 15 is 0 Å². The van der Waals surface area contributed by atoms with Gasteiger partial charge in [-0.1, -0.05) is 19.4 Å². The Morgan fingerprint density at radius 3 is 2.72 bits per heavy atom. The van der Waals surface area contributed by atoms with Crippen molar-refractivity contribution < 1.29 is 14.4 Å². The minimum Gasteiger partial charge on any atom is -0.326 e. The second kappa shape index (κ2) is 8.88. The molecule has 0 bridgehead atoms. The minimum atomic E-state index is -0.261. The van der Waals surface area contributed by atoms with Crippen LogP contribution in [-0.4, -0.2) is 22.7 Å². The number of rotatable bonds is 8. The molecule has 6 nitrogen and oxygen atoms in total. The monoisotopic (exact) mass is 341 g/mol. The first kappa shape index (κ1) is 18.5. The molecule has 132 valence electrons. The third-order valence-corrected chi connectivity index (χ3v) is 3.98. The molecular formula is C19H23N3O3. The molecule has 0 saturated heterocycles. The average Bonchev–Trinajstić information content (AvgIpc) is 2.90. The second-order valence-corrected chi connectivity index (χ2v) is 5.97. The van der Waals surface area contributed by atoms with Crippen LogP contribution in [-0.2, 0) is 16.1 Å². The SMILES string of the molecule is C#CCCCC(=O)Nc1cccc2c1CN(NC(=O)CCCC)C2=O. The van der Waals surface area contributed by atoms with E-state index < -0.39 is 0 Å². The van der Waals surface area contributed by atoms with E-state index in [0.717, 1.165) is 12.8 Å². The number of amides is 3. The Bertz CT molecular complexity index is 706. The van der Waals surface area contributed by atoms with Gasteiger partial charge < -0.3 is 5.32 Å². The second-order valence-electron chi connectivity index (χ2n) is 5.97. The zero-order valence-electron chi connectivity index (χ0n) is 14.4. The highest BCUT2D eigenvalue weighted by Crippen LogP contribution is 2.28. The molecule has 1 aliphatic rings. The fourth-order valence-electron chi connectivity index (χ4n) is 2.65. The van der Waals surface area contributed by atoms with Gasteiger partial charge in [0, 0.05) is 36.1 Å². The van der Waals surface area contributed by atoms with Crippen molar-refractivity contribution in [2.45, 2.75) is 52.0 Å². The van der Waals surface area contributed by atoms with E-state index in [2.05, 4.69) is 16.7 Å². The lowest BCUT2D eigenvalue weighted by molar-refractivity contribution is -0.125. The molecule has 0 aliphatic carbocycles. The summed E-state index contributed by atoms with van der Waals surface area (Å²) in [5, 5.41) is 4.13. The maximum Gasteiger partial charge on any atom is 0.273 e. The molecule has 0 fully saturated rings. The standard InChI is InChI=1S/C19H23N3O3/c1-3-5-7-12-17(23)20-16-10-8-9-14-15(16)13-22(19(14)25)21-18(24)11-6-4-2/h1,8-10H,4-7,11-13H2,2H3,(H,20,23)(H,21,24). The fraction of sp³-hybridized carbons (Fsp3) is 0.421. The van der Waals surface area contributed by atoms with Crippen LogP contribution in [0.1, 0.15) is 61.4 Å². The molecule has 1 heterocycles. The summed E-state index contributed by atoms with van der Waals surface area (Å²) < 4.78 is 0. The van der Waals surface area contributed by atoms with E-state index in [1.54, 1.807) is 18.2 Å². The van der Waals surface area contributed by atoms with Crippen molar-refractivity contribution in [1.82, 2.24) is 10.4 Å². The summed E-state index contributed by atoms with van der Waals surface area (Å²) in [4.78, 5) is 36.3. The van der Waals surface area contributed by atoms with Gasteiger partial charge in [-0.3, -0.25) is 19.8 Å². The van der Waals surface area contributed by atoms with Crippen LogP contribution in [0, 0.1) is 12.3 Å². The molecule has 0 saturated carbocycles. The third kappa shape index (κ3) is 4.83. The third-order valence-electron chi connectivity index (χ3n) is 3.98. The molecule has 2 rings (SSSR count). The number of fused-ring (bicyclic) bond motifs is 1. The van der Waals surface area contributed by atoms with Gasteiger partial charge in [0.25, 0.3) is 5.91 Å². The normalized spacial score (nSPS) is 12.5. The van der Waals surface area contributed by atoms with Crippen molar-refractivity contribution in [2.24, 2.45) is 0 Å². The highest BCUT2D eigenvalue weighted by Gasteiger charge is 2.30. The average molecular weight is 341 g/mol. The van der Waals surface area contributed by atoms with E-state index in [1.165, 1.54) is 5.01 Å². The van der Waals surface area contributed by atoms with E-state index in [0.29, 0.717) is 42.5 Å². The molecule has 3 amide bonds. The van der Waals surface area contributed by atoms with Crippen molar-refractivity contribution in [3.63, 3.8) is 0 Å². The van der Waals surface area contributed by atoms with Gasteiger partial charge in [-0.15, -0.1) is 12.3 Å². The quantitative estimate of drug-likeness (QED) is 0.563. The van der Waals surface area contributed by atoms with Crippen molar-refractivity contribution in [3.8, 4) is 12.3 Å². The highest BCUT2D eigenvalue weighted by molar-refractivity contribution is 6.02. The Hall–Kier alpha value is -2.81. The van der Waals surface area contributed by atoms with Crippen LogP contribution in [0.25, 0.3) is 0 Å². The van der Waals surface area contributed by atoms with Crippen molar-refractivity contribution in [1.29, 1.82) is 0 Å². The molecule has 0 radical (unpaired) electrons. The number of terminal acetylenes is 1. The number of unbranched alkanes of at least 4 members (excludes halogenated alkanes) is 2. The van der Waals surface area contributed by atoms with Crippen molar-refractivity contribution in [3.05, 3.63) is 29.3 Å². The van der Waals surface area contributed by atoms with Crippen LogP contribution in [0.3, 0.4) is 0 Å². The van der Waals surface area contributed by atoms with Gasteiger partial charge in [0.15, 0.2) is 0 Å². The van der Waals surface area contributed by atoms with Gasteiger partial charge >= 0.3 is 0 Å². The predicted octanol–water partition coefficient (Wildman–Crippen LogP) is 2.61. The Kier molecular flexibility index (Phi) is 6.58. The lowest BCUT2D eigenvalue weighted by Gasteiger charge is -2.17. The number of benzene rings is 1. The number of hydrazine groups is 1. The number of hydrogen-bond donors (Lipinski definition) is 2. The molecule has 1 aliphatic heterocycles. The highest BCUT2D eigenvalue weighted by atomic mass is 16.2. The first-order valence-corrected chi connectivity index (χ1v) is 8.53. The summed E-state index contributed by atoms with van der Waals surface area (Å²) in [5.41, 5.74) is 4.46. The molecule has 0 aromatic heterocycles. The zero-order valence-corrected chi connectivity index (χ0v) is 14.4. The van der Waals surface area contributed by atoms with Gasteiger partial charge in [0.1, 0.15) is 0 Å². The zero-order chi connectivity index (χ0) is 18.2. The summed E-state index contributed by atoms with van der Waals surface area (Å²) >= 11 is 0. The molecule has 2 N–H and O–H groups in total. The number of hydrogen-bond acceptors (Lipinski definition) is 3. The van der Waals surface area contributed by atoms with Gasteiger partial charge in [-0.25, -0.2) is 5.01 Å². The summed E-state index contributed by atoms with van der Waals surface area (Å²) in [6.07, 6.45) is 8.76. The van der Waals surface area contributed by atoms with Crippen LogP contribution in [0.2, 0.25) is 0 Å². The number of nitrogens with one attached hydrogen (secondary N) is 2. The molecule has 0 atom stereocenters. The van der Waals surface area contributed by atoms with E-state index in [-0.39, 0.29) is 24.3 Å². The van der Waals surface area contributed by atoms with Crippen LogP contribution in [0.15, 0.2) is 18.2 Å². The summed E-state index contributed by atoms with van der Waals surface area (Å²) in [7, 11) is 0. The topological polar surface area (TPSA) is 78.5 Å². The van der Waals surface area contributed by atoms with E-state index in [1.807, 2.05) is 6.92 Å². The predicted molar refractivity (Wildman–Crippen MR) is 95.3 cm³/mol. The molecule has 0 unspecified atom stereocenters.